The molecule has 0 heterocycles. The number of aryl methyl sites for hydroxylation is 1. The van der Waals surface area contributed by atoms with Crippen molar-refractivity contribution >= 4 is 5.91 Å². The summed E-state index contributed by atoms with van der Waals surface area (Å²) in [6.45, 7) is 0.612. The summed E-state index contributed by atoms with van der Waals surface area (Å²) in [5, 5.41) is 2.85. The molecule has 0 aliphatic carbocycles. The first kappa shape index (κ1) is 16.1. The highest BCUT2D eigenvalue weighted by molar-refractivity contribution is 5.78. The van der Waals surface area contributed by atoms with E-state index in [4.69, 9.17) is 0 Å². The highest BCUT2D eigenvalue weighted by Crippen LogP contribution is 2.07. The van der Waals surface area contributed by atoms with Gasteiger partial charge < -0.3 is 5.32 Å². The number of hydrogen-bond acceptors (Lipinski definition) is 1. The summed E-state index contributed by atoms with van der Waals surface area (Å²) < 4.78 is 25.5. The van der Waals surface area contributed by atoms with Crippen LogP contribution in [0.4, 0.5) is 8.78 Å². The number of rotatable bonds is 7. The Morgan fingerprint density at radius 1 is 0.818 bits per heavy atom. The van der Waals surface area contributed by atoms with Crippen molar-refractivity contribution in [3.05, 3.63) is 71.3 Å². The third kappa shape index (κ3) is 5.64. The van der Waals surface area contributed by atoms with Crippen molar-refractivity contribution in [3.8, 4) is 0 Å². The molecule has 0 spiro atoms. The lowest BCUT2D eigenvalue weighted by Crippen LogP contribution is -2.26. The van der Waals surface area contributed by atoms with E-state index in [9.17, 15) is 13.6 Å². The van der Waals surface area contributed by atoms with Crippen molar-refractivity contribution in [2.24, 2.45) is 0 Å². The smallest absolute Gasteiger partial charge is 0.224 e. The van der Waals surface area contributed by atoms with Crippen LogP contribution in [0, 0.1) is 11.6 Å². The third-order valence-corrected chi connectivity index (χ3v) is 3.41. The molecule has 1 amide bonds. The summed E-state index contributed by atoms with van der Waals surface area (Å²) in [4.78, 5) is 11.7. The standard InChI is InChI=1S/C18H19F2NO/c19-16-8-4-14(5-9-16)3-1-2-12-21-18(22)13-15-6-10-17(20)11-7-15/h4-11H,1-3,12-13H2,(H,21,22). The lowest BCUT2D eigenvalue weighted by atomic mass is 10.1. The number of amides is 1. The Balaban J connectivity index is 1.61. The van der Waals surface area contributed by atoms with Crippen molar-refractivity contribution in [2.45, 2.75) is 25.7 Å². The zero-order chi connectivity index (χ0) is 15.8. The normalized spacial score (nSPS) is 10.5. The van der Waals surface area contributed by atoms with Crippen molar-refractivity contribution in [1.82, 2.24) is 5.32 Å². The van der Waals surface area contributed by atoms with Crippen LogP contribution in [-0.2, 0) is 17.6 Å². The van der Waals surface area contributed by atoms with E-state index in [2.05, 4.69) is 5.32 Å². The highest BCUT2D eigenvalue weighted by Gasteiger charge is 2.03. The Kier molecular flexibility index (Phi) is 6.07. The molecule has 0 atom stereocenters. The van der Waals surface area contributed by atoms with Gasteiger partial charge in [-0.25, -0.2) is 8.78 Å². The van der Waals surface area contributed by atoms with Crippen molar-refractivity contribution in [3.63, 3.8) is 0 Å². The summed E-state index contributed by atoms with van der Waals surface area (Å²) in [6.07, 6.45) is 2.93. The lowest BCUT2D eigenvalue weighted by molar-refractivity contribution is -0.120. The van der Waals surface area contributed by atoms with Crippen molar-refractivity contribution < 1.29 is 13.6 Å². The molecule has 0 aliphatic heterocycles. The van der Waals surface area contributed by atoms with Crippen LogP contribution in [0.2, 0.25) is 0 Å². The average molecular weight is 303 g/mol. The molecule has 116 valence electrons. The molecule has 2 aromatic carbocycles. The molecule has 1 N–H and O–H groups in total. The predicted molar refractivity (Wildman–Crippen MR) is 82.5 cm³/mol. The molecule has 0 aromatic heterocycles. The van der Waals surface area contributed by atoms with Gasteiger partial charge in [0, 0.05) is 6.54 Å². The Labute approximate surface area is 129 Å². The van der Waals surface area contributed by atoms with Gasteiger partial charge in [-0.05, 0) is 54.7 Å². The molecule has 0 fully saturated rings. The second-order valence-corrected chi connectivity index (χ2v) is 5.24. The number of unbranched alkanes of at least 4 members (excludes halogenated alkanes) is 1. The number of hydrogen-bond donors (Lipinski definition) is 1. The quantitative estimate of drug-likeness (QED) is 0.777. The second-order valence-electron chi connectivity index (χ2n) is 5.24. The van der Waals surface area contributed by atoms with Gasteiger partial charge >= 0.3 is 0 Å². The molecule has 0 saturated carbocycles. The topological polar surface area (TPSA) is 29.1 Å². The van der Waals surface area contributed by atoms with Gasteiger partial charge in [-0.1, -0.05) is 24.3 Å². The van der Waals surface area contributed by atoms with E-state index in [0.29, 0.717) is 6.54 Å². The summed E-state index contributed by atoms with van der Waals surface area (Å²) >= 11 is 0. The minimum atomic E-state index is -0.301. The van der Waals surface area contributed by atoms with Crippen LogP contribution in [0.25, 0.3) is 0 Å². The molecular weight excluding hydrogens is 284 g/mol. The van der Waals surface area contributed by atoms with Crippen LogP contribution >= 0.6 is 0 Å². The molecule has 4 heteroatoms. The fraction of sp³-hybridized carbons (Fsp3) is 0.278. The molecule has 0 saturated heterocycles. The molecule has 2 nitrogen and oxygen atoms in total. The van der Waals surface area contributed by atoms with E-state index < -0.39 is 0 Å². The van der Waals surface area contributed by atoms with Crippen molar-refractivity contribution in [2.75, 3.05) is 6.54 Å². The minimum absolute atomic E-state index is 0.0617. The molecular formula is C18H19F2NO. The fourth-order valence-corrected chi connectivity index (χ4v) is 2.18. The van der Waals surface area contributed by atoms with Gasteiger partial charge in [0.15, 0.2) is 0 Å². The Hall–Kier alpha value is -2.23. The molecule has 0 radical (unpaired) electrons. The first-order valence-corrected chi connectivity index (χ1v) is 7.39. The van der Waals surface area contributed by atoms with Gasteiger partial charge in [0.25, 0.3) is 0 Å². The van der Waals surface area contributed by atoms with Crippen LogP contribution in [0.1, 0.15) is 24.0 Å². The van der Waals surface area contributed by atoms with E-state index in [1.54, 1.807) is 24.3 Å². The monoisotopic (exact) mass is 303 g/mol. The van der Waals surface area contributed by atoms with E-state index in [0.717, 1.165) is 30.4 Å². The van der Waals surface area contributed by atoms with Crippen LogP contribution in [0.3, 0.4) is 0 Å². The zero-order valence-corrected chi connectivity index (χ0v) is 12.3. The summed E-state index contributed by atoms with van der Waals surface area (Å²) in [7, 11) is 0. The Morgan fingerprint density at radius 3 is 1.95 bits per heavy atom. The SMILES string of the molecule is O=C(Cc1ccc(F)cc1)NCCCCc1ccc(F)cc1. The Bertz CT molecular complexity index is 593. The fourth-order valence-electron chi connectivity index (χ4n) is 2.18. The van der Waals surface area contributed by atoms with Gasteiger partial charge in [-0.3, -0.25) is 4.79 Å². The first-order valence-electron chi connectivity index (χ1n) is 7.39. The molecule has 2 aromatic rings. The Morgan fingerprint density at radius 2 is 1.36 bits per heavy atom. The predicted octanol–water partition coefficient (Wildman–Crippen LogP) is 3.65. The number of halogens is 2. The molecule has 0 bridgehead atoms. The van der Waals surface area contributed by atoms with E-state index >= 15 is 0 Å². The number of nitrogens with one attached hydrogen (secondary N) is 1. The number of benzene rings is 2. The maximum absolute atomic E-state index is 12.8. The molecule has 2 rings (SSSR count). The van der Waals surface area contributed by atoms with Crippen LogP contribution < -0.4 is 5.32 Å². The van der Waals surface area contributed by atoms with E-state index in [1.807, 2.05) is 0 Å². The lowest BCUT2D eigenvalue weighted by Gasteiger charge is -2.06. The first-order chi connectivity index (χ1) is 10.6. The summed E-state index contributed by atoms with van der Waals surface area (Å²) in [5.41, 5.74) is 1.89. The number of carbonyl (C=O) groups is 1. The van der Waals surface area contributed by atoms with Crippen molar-refractivity contribution in [1.29, 1.82) is 0 Å². The van der Waals surface area contributed by atoms with Gasteiger partial charge in [-0.15, -0.1) is 0 Å². The van der Waals surface area contributed by atoms with Crippen LogP contribution in [0.15, 0.2) is 48.5 Å². The zero-order valence-electron chi connectivity index (χ0n) is 12.3. The molecule has 22 heavy (non-hydrogen) atoms. The van der Waals surface area contributed by atoms with Crippen LogP contribution in [-0.4, -0.2) is 12.5 Å². The largest absolute Gasteiger partial charge is 0.356 e. The average Bonchev–Trinajstić information content (AvgIpc) is 2.51. The van der Waals surface area contributed by atoms with Crippen LogP contribution in [0.5, 0.6) is 0 Å². The maximum atomic E-state index is 12.8. The summed E-state index contributed by atoms with van der Waals surface area (Å²) in [5.74, 6) is -0.588. The minimum Gasteiger partial charge on any atom is -0.356 e. The van der Waals surface area contributed by atoms with E-state index in [-0.39, 0.29) is 24.0 Å². The second kappa shape index (κ2) is 8.27. The molecule has 0 aliphatic rings. The van der Waals surface area contributed by atoms with Gasteiger partial charge in [-0.2, -0.15) is 0 Å². The van der Waals surface area contributed by atoms with E-state index in [1.165, 1.54) is 24.3 Å². The van der Waals surface area contributed by atoms with Gasteiger partial charge in [0.2, 0.25) is 5.91 Å². The maximum Gasteiger partial charge on any atom is 0.224 e. The third-order valence-electron chi connectivity index (χ3n) is 3.41. The van der Waals surface area contributed by atoms with Gasteiger partial charge in [0.1, 0.15) is 11.6 Å². The highest BCUT2D eigenvalue weighted by atomic mass is 19.1. The molecule has 0 unspecified atom stereocenters. The number of carbonyl (C=O) groups excluding carboxylic acids is 1. The summed E-state index contributed by atoms with van der Waals surface area (Å²) in [6, 6.07) is 12.4. The van der Waals surface area contributed by atoms with Gasteiger partial charge in [0.05, 0.1) is 6.42 Å².